The highest BCUT2D eigenvalue weighted by molar-refractivity contribution is 5.85. The molecule has 0 aromatic carbocycles. The van der Waals surface area contributed by atoms with Gasteiger partial charge in [0.15, 0.2) is 0 Å². The Kier molecular flexibility index (Phi) is 5.12. The largest absolute Gasteiger partial charge is 0.356 e. The number of rotatable bonds is 1. The highest BCUT2D eigenvalue weighted by Gasteiger charge is 2.45. The quantitative estimate of drug-likeness (QED) is 0.751. The average Bonchev–Trinajstić information content (AvgIpc) is 2.88. The third kappa shape index (κ3) is 3.17. The Morgan fingerprint density at radius 3 is 2.33 bits per heavy atom. The first kappa shape index (κ1) is 18.0. The van der Waals surface area contributed by atoms with Gasteiger partial charge in [-0.3, -0.25) is 9.59 Å². The summed E-state index contributed by atoms with van der Waals surface area (Å²) in [6.45, 7) is 2.45. The van der Waals surface area contributed by atoms with Crippen molar-refractivity contribution in [2.75, 3.05) is 19.6 Å². The third-order valence-electron chi connectivity index (χ3n) is 7.09. The molecule has 2 saturated heterocycles. The summed E-state index contributed by atoms with van der Waals surface area (Å²) in [5.41, 5.74) is 6.48. The van der Waals surface area contributed by atoms with Gasteiger partial charge in [0.2, 0.25) is 11.8 Å². The van der Waals surface area contributed by atoms with Gasteiger partial charge in [0.1, 0.15) is 0 Å². The van der Waals surface area contributed by atoms with Crippen LogP contribution in [0.25, 0.3) is 0 Å². The number of likely N-dealkylation sites (tertiary alicyclic amines) is 1. The fourth-order valence-electron chi connectivity index (χ4n) is 5.56. The van der Waals surface area contributed by atoms with Gasteiger partial charge in [0.05, 0.1) is 0 Å². The van der Waals surface area contributed by atoms with Crippen LogP contribution < -0.4 is 11.1 Å². The standard InChI is InChI=1S/C18H29N3O2.ClH/c19-16-12-2-1-3-13(16)9-14(8-12)17(23)21-6-4-18(5-7-21)10-15(22)20-11-18;/h12-14,16H,1-11,19H2,(H,20,22);1H. The maximum Gasteiger partial charge on any atom is 0.225 e. The van der Waals surface area contributed by atoms with Gasteiger partial charge in [0, 0.05) is 38.0 Å². The number of piperidine rings is 1. The SMILES string of the molecule is Cl.NC1C2CCCC1CC(C(=O)N1CCC3(CC1)CNC(=O)C3)C2. The Morgan fingerprint density at radius 1 is 1.17 bits per heavy atom. The summed E-state index contributed by atoms with van der Waals surface area (Å²) >= 11 is 0. The van der Waals surface area contributed by atoms with Crippen molar-refractivity contribution in [1.29, 1.82) is 0 Å². The number of carbonyl (C=O) groups is 2. The molecule has 24 heavy (non-hydrogen) atoms. The number of fused-ring (bicyclic) bond motifs is 2. The van der Waals surface area contributed by atoms with Crippen LogP contribution in [0.5, 0.6) is 0 Å². The van der Waals surface area contributed by atoms with E-state index in [9.17, 15) is 9.59 Å². The van der Waals surface area contributed by atoms with Crippen LogP contribution in [0.4, 0.5) is 0 Å². The van der Waals surface area contributed by atoms with Crippen molar-refractivity contribution in [3.05, 3.63) is 0 Å². The summed E-state index contributed by atoms with van der Waals surface area (Å²) in [5.74, 6) is 1.86. The van der Waals surface area contributed by atoms with Crippen LogP contribution in [0.1, 0.15) is 51.4 Å². The first-order valence-corrected chi connectivity index (χ1v) is 9.37. The molecule has 4 aliphatic rings. The molecule has 0 aromatic heterocycles. The third-order valence-corrected chi connectivity index (χ3v) is 7.09. The number of nitrogens with one attached hydrogen (secondary N) is 1. The zero-order valence-corrected chi connectivity index (χ0v) is 15.2. The summed E-state index contributed by atoms with van der Waals surface area (Å²) in [4.78, 5) is 26.6. The van der Waals surface area contributed by atoms with Crippen molar-refractivity contribution >= 4 is 24.2 Å². The number of hydrogen-bond acceptors (Lipinski definition) is 3. The van der Waals surface area contributed by atoms with Crippen LogP contribution in [-0.2, 0) is 9.59 Å². The molecule has 3 N–H and O–H groups in total. The molecule has 5 nitrogen and oxygen atoms in total. The van der Waals surface area contributed by atoms with Crippen molar-refractivity contribution in [2.24, 2.45) is 28.9 Å². The zero-order valence-electron chi connectivity index (χ0n) is 14.3. The lowest BCUT2D eigenvalue weighted by Gasteiger charge is -2.46. The van der Waals surface area contributed by atoms with Gasteiger partial charge in [0.25, 0.3) is 0 Å². The fraction of sp³-hybridized carbons (Fsp3) is 0.889. The lowest BCUT2D eigenvalue weighted by atomic mass is 9.64. The average molecular weight is 356 g/mol. The van der Waals surface area contributed by atoms with E-state index in [1.165, 1.54) is 19.3 Å². The van der Waals surface area contributed by atoms with E-state index in [0.717, 1.165) is 45.3 Å². The normalized spacial score (nSPS) is 37.7. The van der Waals surface area contributed by atoms with Crippen molar-refractivity contribution in [3.63, 3.8) is 0 Å². The Labute approximate surface area is 150 Å². The molecule has 2 amide bonds. The predicted molar refractivity (Wildman–Crippen MR) is 94.7 cm³/mol. The van der Waals surface area contributed by atoms with E-state index in [4.69, 9.17) is 5.73 Å². The summed E-state index contributed by atoms with van der Waals surface area (Å²) in [6, 6.07) is 0.327. The molecule has 4 rings (SSSR count). The van der Waals surface area contributed by atoms with Crippen LogP contribution in [0.3, 0.4) is 0 Å². The van der Waals surface area contributed by atoms with E-state index in [1.54, 1.807) is 0 Å². The molecule has 0 aromatic rings. The Morgan fingerprint density at radius 2 is 1.79 bits per heavy atom. The molecule has 2 aliphatic carbocycles. The Balaban J connectivity index is 0.00000169. The number of hydrogen-bond donors (Lipinski definition) is 2. The number of nitrogens with two attached hydrogens (primary N) is 1. The smallest absolute Gasteiger partial charge is 0.225 e. The van der Waals surface area contributed by atoms with Gasteiger partial charge in [-0.2, -0.15) is 0 Å². The topological polar surface area (TPSA) is 75.4 Å². The van der Waals surface area contributed by atoms with Crippen LogP contribution in [0.2, 0.25) is 0 Å². The number of amides is 2. The van der Waals surface area contributed by atoms with E-state index < -0.39 is 0 Å². The van der Waals surface area contributed by atoms with Crippen LogP contribution in [0, 0.1) is 23.2 Å². The predicted octanol–water partition coefficient (Wildman–Crippen LogP) is 1.69. The highest BCUT2D eigenvalue weighted by atomic mass is 35.5. The summed E-state index contributed by atoms with van der Waals surface area (Å²) < 4.78 is 0. The highest BCUT2D eigenvalue weighted by Crippen LogP contribution is 2.43. The summed E-state index contributed by atoms with van der Waals surface area (Å²) in [5, 5.41) is 2.96. The van der Waals surface area contributed by atoms with Gasteiger partial charge in [-0.15, -0.1) is 12.4 Å². The second kappa shape index (κ2) is 6.83. The van der Waals surface area contributed by atoms with Gasteiger partial charge < -0.3 is 16.0 Å². The lowest BCUT2D eigenvalue weighted by molar-refractivity contribution is -0.140. The molecule has 1 spiro atoms. The number of nitrogens with zero attached hydrogens (tertiary/aromatic N) is 1. The molecule has 4 fully saturated rings. The van der Waals surface area contributed by atoms with Gasteiger partial charge in [-0.25, -0.2) is 0 Å². The van der Waals surface area contributed by atoms with Crippen LogP contribution >= 0.6 is 12.4 Å². The molecule has 2 aliphatic heterocycles. The lowest BCUT2D eigenvalue weighted by Crippen LogP contribution is -2.51. The molecular formula is C18H30ClN3O2. The van der Waals surface area contributed by atoms with E-state index >= 15 is 0 Å². The first-order chi connectivity index (χ1) is 11.1. The van der Waals surface area contributed by atoms with E-state index in [0.29, 0.717) is 30.2 Å². The van der Waals surface area contributed by atoms with Gasteiger partial charge in [-0.05, 0) is 55.8 Å². The van der Waals surface area contributed by atoms with Crippen molar-refractivity contribution < 1.29 is 9.59 Å². The maximum atomic E-state index is 13.0. The Bertz CT molecular complexity index is 490. The van der Waals surface area contributed by atoms with Crippen LogP contribution in [0.15, 0.2) is 0 Å². The van der Waals surface area contributed by atoms with Gasteiger partial charge in [-0.1, -0.05) is 6.42 Å². The van der Waals surface area contributed by atoms with E-state index in [-0.39, 0.29) is 29.6 Å². The number of halogens is 1. The van der Waals surface area contributed by atoms with Crippen molar-refractivity contribution in [2.45, 2.75) is 57.4 Å². The van der Waals surface area contributed by atoms with Gasteiger partial charge >= 0.3 is 0 Å². The van der Waals surface area contributed by atoms with Crippen molar-refractivity contribution in [1.82, 2.24) is 10.2 Å². The maximum absolute atomic E-state index is 13.0. The monoisotopic (exact) mass is 355 g/mol. The molecule has 6 heteroatoms. The molecule has 2 saturated carbocycles. The molecule has 2 heterocycles. The van der Waals surface area contributed by atoms with E-state index in [1.807, 2.05) is 0 Å². The van der Waals surface area contributed by atoms with Crippen LogP contribution in [-0.4, -0.2) is 42.4 Å². The summed E-state index contributed by atoms with van der Waals surface area (Å²) in [6.07, 6.45) is 8.29. The minimum absolute atomic E-state index is 0. The molecule has 2 bridgehead atoms. The molecular weight excluding hydrogens is 326 g/mol. The summed E-state index contributed by atoms with van der Waals surface area (Å²) in [7, 11) is 0. The number of carbonyl (C=O) groups excluding carboxylic acids is 2. The zero-order chi connectivity index (χ0) is 16.0. The minimum Gasteiger partial charge on any atom is -0.356 e. The van der Waals surface area contributed by atoms with E-state index in [2.05, 4.69) is 10.2 Å². The first-order valence-electron chi connectivity index (χ1n) is 9.37. The molecule has 2 unspecified atom stereocenters. The fourth-order valence-corrected chi connectivity index (χ4v) is 5.56. The van der Waals surface area contributed by atoms with Crippen molar-refractivity contribution in [3.8, 4) is 0 Å². The second-order valence-corrected chi connectivity index (χ2v) is 8.48. The molecule has 0 radical (unpaired) electrons. The second-order valence-electron chi connectivity index (χ2n) is 8.48. The molecule has 136 valence electrons. The molecule has 2 atom stereocenters. The minimum atomic E-state index is 0. The Hall–Kier alpha value is -0.810.